The van der Waals surface area contributed by atoms with Gasteiger partial charge in [-0.3, -0.25) is 14.5 Å². The van der Waals surface area contributed by atoms with Crippen LogP contribution in [0.1, 0.15) is 21.5 Å². The van der Waals surface area contributed by atoms with E-state index in [1.807, 2.05) is 6.07 Å². The fourth-order valence-electron chi connectivity index (χ4n) is 2.79. The van der Waals surface area contributed by atoms with Gasteiger partial charge in [0.15, 0.2) is 0 Å². The predicted molar refractivity (Wildman–Crippen MR) is 117 cm³/mol. The van der Waals surface area contributed by atoms with E-state index < -0.39 is 22.0 Å². The lowest BCUT2D eigenvalue weighted by Crippen LogP contribution is -2.28. The van der Waals surface area contributed by atoms with Crippen molar-refractivity contribution in [1.82, 2.24) is 10.3 Å². The number of rotatable bonds is 7. The third kappa shape index (κ3) is 5.58. The number of aromatic nitrogens is 1. The van der Waals surface area contributed by atoms with Crippen molar-refractivity contribution in [2.75, 3.05) is 10.0 Å². The highest BCUT2D eigenvalue weighted by Gasteiger charge is 2.17. The van der Waals surface area contributed by atoms with Gasteiger partial charge in [0, 0.05) is 30.2 Å². The normalized spacial score (nSPS) is 10.9. The molecule has 0 radical (unpaired) electrons. The van der Waals surface area contributed by atoms with Crippen molar-refractivity contribution in [2.24, 2.45) is 5.73 Å². The molecule has 1 aromatic heterocycles. The molecule has 0 saturated heterocycles. The lowest BCUT2D eigenvalue weighted by Gasteiger charge is -2.13. The van der Waals surface area contributed by atoms with Crippen molar-refractivity contribution in [1.29, 1.82) is 0 Å². The Morgan fingerprint density at radius 2 is 1.77 bits per heavy atom. The summed E-state index contributed by atoms with van der Waals surface area (Å²) in [6.07, 6.45) is 3.29. The van der Waals surface area contributed by atoms with E-state index in [1.54, 1.807) is 37.5 Å². The van der Waals surface area contributed by atoms with Crippen LogP contribution in [0.25, 0.3) is 0 Å². The topological polar surface area (TPSA) is 143 Å². The minimum Gasteiger partial charge on any atom is -0.366 e. The third-order valence-electron chi connectivity index (χ3n) is 4.44. The van der Waals surface area contributed by atoms with Gasteiger partial charge in [-0.1, -0.05) is 12.1 Å². The summed E-state index contributed by atoms with van der Waals surface area (Å²) in [7, 11) is -3.91. The lowest BCUT2D eigenvalue weighted by molar-refractivity contribution is 0.0999. The van der Waals surface area contributed by atoms with E-state index in [-0.39, 0.29) is 16.1 Å². The number of carbonyl (C=O) groups is 2. The molecule has 9 nitrogen and oxygen atoms in total. The highest BCUT2D eigenvalue weighted by Crippen LogP contribution is 2.23. The van der Waals surface area contributed by atoms with Gasteiger partial charge >= 0.3 is 6.03 Å². The molecule has 2 aromatic carbocycles. The van der Waals surface area contributed by atoms with Crippen LogP contribution in [0.4, 0.5) is 16.2 Å². The number of nitrogens with one attached hydrogen (secondary N) is 3. The molecule has 0 unspecified atom stereocenters. The van der Waals surface area contributed by atoms with Crippen LogP contribution >= 0.6 is 0 Å². The summed E-state index contributed by atoms with van der Waals surface area (Å²) >= 11 is 0. The fourth-order valence-corrected chi connectivity index (χ4v) is 3.92. The standard InChI is InChI=1S/C21H21N5O4S/c1-14-18(20(22)27)5-2-6-19(14)26-31(29,30)17-9-7-16(8-10-17)25-21(28)24-13-15-4-3-11-23-12-15/h2-12,26H,13H2,1H3,(H2,22,27)(H2,24,25,28). The van der Waals surface area contributed by atoms with Crippen molar-refractivity contribution in [2.45, 2.75) is 18.4 Å². The van der Waals surface area contributed by atoms with Gasteiger partial charge in [0.25, 0.3) is 10.0 Å². The third-order valence-corrected chi connectivity index (χ3v) is 5.82. The van der Waals surface area contributed by atoms with Gasteiger partial charge in [-0.25, -0.2) is 13.2 Å². The number of pyridine rings is 1. The van der Waals surface area contributed by atoms with Crippen LogP contribution in [0.2, 0.25) is 0 Å². The van der Waals surface area contributed by atoms with Gasteiger partial charge in [-0.15, -0.1) is 0 Å². The average molecular weight is 439 g/mol. The first-order valence-corrected chi connectivity index (χ1v) is 10.7. The van der Waals surface area contributed by atoms with Gasteiger partial charge in [-0.05, 0) is 60.5 Å². The largest absolute Gasteiger partial charge is 0.366 e. The number of benzene rings is 2. The van der Waals surface area contributed by atoms with Gasteiger partial charge in [0.2, 0.25) is 5.91 Å². The summed E-state index contributed by atoms with van der Waals surface area (Å²) in [6, 6.07) is 13.5. The van der Waals surface area contributed by atoms with Crippen LogP contribution in [0.5, 0.6) is 0 Å². The van der Waals surface area contributed by atoms with Crippen LogP contribution in [0.3, 0.4) is 0 Å². The van der Waals surface area contributed by atoms with E-state index in [2.05, 4.69) is 20.3 Å². The summed E-state index contributed by atoms with van der Waals surface area (Å²) in [5.74, 6) is -0.643. The number of sulfonamides is 1. The number of amides is 3. The Hall–Kier alpha value is -3.92. The van der Waals surface area contributed by atoms with Crippen LogP contribution in [0.15, 0.2) is 71.9 Å². The molecule has 0 aliphatic rings. The molecule has 0 spiro atoms. The number of primary amides is 1. The maximum Gasteiger partial charge on any atom is 0.319 e. The molecule has 3 rings (SSSR count). The Kier molecular flexibility index (Phi) is 6.51. The van der Waals surface area contributed by atoms with Gasteiger partial charge < -0.3 is 16.4 Å². The number of hydrogen-bond donors (Lipinski definition) is 4. The van der Waals surface area contributed by atoms with Crippen LogP contribution in [-0.4, -0.2) is 25.3 Å². The first-order valence-electron chi connectivity index (χ1n) is 9.22. The van der Waals surface area contributed by atoms with E-state index in [0.29, 0.717) is 17.8 Å². The van der Waals surface area contributed by atoms with Crippen LogP contribution in [-0.2, 0) is 16.6 Å². The summed E-state index contributed by atoms with van der Waals surface area (Å²) in [5.41, 5.74) is 7.51. The maximum atomic E-state index is 12.7. The molecule has 160 valence electrons. The lowest BCUT2D eigenvalue weighted by atomic mass is 10.1. The quantitative estimate of drug-likeness (QED) is 0.447. The molecule has 0 aliphatic heterocycles. The zero-order valence-electron chi connectivity index (χ0n) is 16.6. The van der Waals surface area contributed by atoms with Crippen LogP contribution < -0.4 is 21.1 Å². The van der Waals surface area contributed by atoms with E-state index in [1.165, 1.54) is 30.3 Å². The van der Waals surface area contributed by atoms with E-state index >= 15 is 0 Å². The van der Waals surface area contributed by atoms with Crippen molar-refractivity contribution in [3.8, 4) is 0 Å². The van der Waals surface area contributed by atoms with Gasteiger partial charge in [0.05, 0.1) is 10.6 Å². The number of anilines is 2. The second kappa shape index (κ2) is 9.26. The maximum absolute atomic E-state index is 12.7. The monoisotopic (exact) mass is 439 g/mol. The number of hydrogen-bond acceptors (Lipinski definition) is 5. The minimum atomic E-state index is -3.91. The van der Waals surface area contributed by atoms with E-state index in [0.717, 1.165) is 5.56 Å². The van der Waals surface area contributed by atoms with Gasteiger partial charge in [-0.2, -0.15) is 0 Å². The first-order chi connectivity index (χ1) is 14.8. The van der Waals surface area contributed by atoms with Crippen LogP contribution in [0, 0.1) is 6.92 Å². The Morgan fingerprint density at radius 3 is 2.42 bits per heavy atom. The highest BCUT2D eigenvalue weighted by atomic mass is 32.2. The Labute approximate surface area is 179 Å². The second-order valence-corrected chi connectivity index (χ2v) is 8.32. The minimum absolute atomic E-state index is 0.00213. The predicted octanol–water partition coefficient (Wildman–Crippen LogP) is 2.61. The fraction of sp³-hybridized carbons (Fsp3) is 0.0952. The molecule has 5 N–H and O–H groups in total. The summed E-state index contributed by atoms with van der Waals surface area (Å²) in [4.78, 5) is 27.5. The summed E-state index contributed by atoms with van der Waals surface area (Å²) in [5, 5.41) is 5.32. The smallest absolute Gasteiger partial charge is 0.319 e. The molecule has 0 saturated carbocycles. The molecule has 0 fully saturated rings. The average Bonchev–Trinajstić information content (AvgIpc) is 2.74. The molecule has 3 amide bonds. The number of urea groups is 1. The van der Waals surface area contributed by atoms with Crippen molar-refractivity contribution < 1.29 is 18.0 Å². The molecule has 10 heteroatoms. The van der Waals surface area contributed by atoms with Crippen molar-refractivity contribution in [3.63, 3.8) is 0 Å². The number of nitrogens with two attached hydrogens (primary N) is 1. The molecule has 0 aliphatic carbocycles. The number of carbonyl (C=O) groups excluding carboxylic acids is 2. The molecular formula is C21H21N5O4S. The Balaban J connectivity index is 1.65. The van der Waals surface area contributed by atoms with E-state index in [9.17, 15) is 18.0 Å². The first kappa shape index (κ1) is 21.8. The molecule has 0 atom stereocenters. The molecule has 3 aromatic rings. The Morgan fingerprint density at radius 1 is 1.03 bits per heavy atom. The van der Waals surface area contributed by atoms with Gasteiger partial charge in [0.1, 0.15) is 0 Å². The highest BCUT2D eigenvalue weighted by molar-refractivity contribution is 7.92. The molecule has 0 bridgehead atoms. The molecule has 31 heavy (non-hydrogen) atoms. The second-order valence-electron chi connectivity index (χ2n) is 6.64. The molecular weight excluding hydrogens is 418 g/mol. The van der Waals surface area contributed by atoms with Crippen molar-refractivity contribution >= 4 is 33.3 Å². The SMILES string of the molecule is Cc1c(NS(=O)(=O)c2ccc(NC(=O)NCc3cccnc3)cc2)cccc1C(N)=O. The van der Waals surface area contributed by atoms with E-state index in [4.69, 9.17) is 5.73 Å². The summed E-state index contributed by atoms with van der Waals surface area (Å²) < 4.78 is 27.8. The zero-order chi connectivity index (χ0) is 22.4. The summed E-state index contributed by atoms with van der Waals surface area (Å²) in [6.45, 7) is 1.91. The van der Waals surface area contributed by atoms with Crippen molar-refractivity contribution in [3.05, 3.63) is 83.7 Å². The number of nitrogens with zero attached hydrogens (tertiary/aromatic N) is 1. The molecule has 1 heterocycles. The zero-order valence-corrected chi connectivity index (χ0v) is 17.4. The Bertz CT molecular complexity index is 1200.